The second kappa shape index (κ2) is 5.11. The van der Waals surface area contributed by atoms with Crippen molar-refractivity contribution in [3.63, 3.8) is 0 Å². The second-order valence-electron chi connectivity index (χ2n) is 2.71. The summed E-state index contributed by atoms with van der Waals surface area (Å²) >= 11 is 4.22. The number of rotatable bonds is 4. The van der Waals surface area contributed by atoms with Crippen molar-refractivity contribution in [2.75, 3.05) is 12.4 Å². The largest absolute Gasteiger partial charge is 0.388 e. The lowest BCUT2D eigenvalue weighted by Crippen LogP contribution is -2.01. The van der Waals surface area contributed by atoms with Crippen molar-refractivity contribution in [3.05, 3.63) is 29.3 Å². The molecule has 3 N–H and O–H groups in total. The van der Waals surface area contributed by atoms with Crippen molar-refractivity contribution in [2.45, 2.75) is 12.4 Å². The summed E-state index contributed by atoms with van der Waals surface area (Å²) in [5.41, 5.74) is 3.30. The smallest absolute Gasteiger partial charge is 0.0930 e. The lowest BCUT2D eigenvalue weighted by molar-refractivity contribution is 0.124. The Bertz CT molecular complexity index is 278. The van der Waals surface area contributed by atoms with Crippen LogP contribution in [0.2, 0.25) is 0 Å². The number of anilines is 1. The van der Waals surface area contributed by atoms with Gasteiger partial charge in [0.1, 0.15) is 0 Å². The first-order valence-electron chi connectivity index (χ1n) is 4.04. The van der Waals surface area contributed by atoms with E-state index in [1.165, 1.54) is 5.56 Å². The normalized spacial score (nSPS) is 10.1. The summed E-state index contributed by atoms with van der Waals surface area (Å²) in [5.74, 6) is 5.71. The summed E-state index contributed by atoms with van der Waals surface area (Å²) in [6, 6.07) is 6.02. The number of benzene rings is 1. The maximum absolute atomic E-state index is 4.99. The molecule has 0 aliphatic rings. The lowest BCUT2D eigenvalue weighted by Gasteiger charge is -2.08. The average molecular weight is 198 g/mol. The Morgan fingerprint density at radius 2 is 2.31 bits per heavy atom. The summed E-state index contributed by atoms with van der Waals surface area (Å²) in [5, 5.41) is 3.10. The molecule has 3 nitrogen and oxygen atoms in total. The molecular formula is C9H14N2OS. The molecule has 1 aromatic carbocycles. The highest BCUT2D eigenvalue weighted by molar-refractivity contribution is 7.79. The zero-order valence-corrected chi connectivity index (χ0v) is 8.47. The fourth-order valence-electron chi connectivity index (χ4n) is 1.18. The van der Waals surface area contributed by atoms with E-state index >= 15 is 0 Å². The van der Waals surface area contributed by atoms with Gasteiger partial charge in [0.25, 0.3) is 0 Å². The highest BCUT2D eigenvalue weighted by Crippen LogP contribution is 2.19. The first kappa shape index (κ1) is 10.4. The van der Waals surface area contributed by atoms with Crippen molar-refractivity contribution in [1.82, 2.24) is 0 Å². The van der Waals surface area contributed by atoms with Crippen LogP contribution in [0.25, 0.3) is 0 Å². The first-order chi connectivity index (χ1) is 6.31. The van der Waals surface area contributed by atoms with Crippen molar-refractivity contribution < 1.29 is 4.84 Å². The Balaban J connectivity index is 2.91. The predicted octanol–water partition coefficient (Wildman–Crippen LogP) is 1.55. The third-order valence-electron chi connectivity index (χ3n) is 1.86. The van der Waals surface area contributed by atoms with Crippen LogP contribution in [0.5, 0.6) is 0 Å². The van der Waals surface area contributed by atoms with Gasteiger partial charge in [0, 0.05) is 18.5 Å². The van der Waals surface area contributed by atoms with Gasteiger partial charge in [-0.3, -0.25) is 4.84 Å². The van der Waals surface area contributed by atoms with E-state index in [-0.39, 0.29) is 0 Å². The molecular weight excluding hydrogens is 184 g/mol. The highest BCUT2D eigenvalue weighted by Gasteiger charge is 2.00. The molecule has 0 atom stereocenters. The molecule has 0 fully saturated rings. The van der Waals surface area contributed by atoms with Gasteiger partial charge in [-0.25, -0.2) is 5.90 Å². The van der Waals surface area contributed by atoms with Crippen LogP contribution in [0.15, 0.2) is 18.2 Å². The third kappa shape index (κ3) is 2.62. The molecule has 0 aliphatic carbocycles. The van der Waals surface area contributed by atoms with Gasteiger partial charge in [-0.2, -0.15) is 12.6 Å². The van der Waals surface area contributed by atoms with Gasteiger partial charge in [-0.15, -0.1) is 0 Å². The molecule has 0 heterocycles. The van der Waals surface area contributed by atoms with Crippen LogP contribution >= 0.6 is 12.6 Å². The monoisotopic (exact) mass is 198 g/mol. The topological polar surface area (TPSA) is 47.3 Å². The van der Waals surface area contributed by atoms with Crippen molar-refractivity contribution in [1.29, 1.82) is 0 Å². The second-order valence-corrected chi connectivity index (χ2v) is 3.03. The van der Waals surface area contributed by atoms with E-state index in [0.29, 0.717) is 6.61 Å². The van der Waals surface area contributed by atoms with Gasteiger partial charge in [0.2, 0.25) is 0 Å². The number of nitrogens with one attached hydrogen (secondary N) is 1. The van der Waals surface area contributed by atoms with Crippen molar-refractivity contribution in [2.24, 2.45) is 5.90 Å². The van der Waals surface area contributed by atoms with Crippen molar-refractivity contribution >= 4 is 18.3 Å². The van der Waals surface area contributed by atoms with E-state index in [4.69, 9.17) is 5.90 Å². The summed E-state index contributed by atoms with van der Waals surface area (Å²) in [6.45, 7) is 0.432. The molecule has 0 saturated heterocycles. The van der Waals surface area contributed by atoms with E-state index in [0.717, 1.165) is 17.0 Å². The Kier molecular flexibility index (Phi) is 4.08. The minimum atomic E-state index is 0.432. The molecule has 0 amide bonds. The predicted molar refractivity (Wildman–Crippen MR) is 57.7 cm³/mol. The van der Waals surface area contributed by atoms with Crippen molar-refractivity contribution in [3.8, 4) is 0 Å². The van der Waals surface area contributed by atoms with Crippen LogP contribution in [-0.2, 0) is 17.2 Å². The molecule has 1 aromatic rings. The van der Waals surface area contributed by atoms with Crippen LogP contribution in [0.3, 0.4) is 0 Å². The van der Waals surface area contributed by atoms with E-state index < -0.39 is 0 Å². The zero-order valence-electron chi connectivity index (χ0n) is 7.58. The van der Waals surface area contributed by atoms with Gasteiger partial charge in [0.15, 0.2) is 0 Å². The maximum Gasteiger partial charge on any atom is 0.0930 e. The van der Waals surface area contributed by atoms with E-state index in [2.05, 4.69) is 22.8 Å². The van der Waals surface area contributed by atoms with Gasteiger partial charge < -0.3 is 5.32 Å². The van der Waals surface area contributed by atoms with Gasteiger partial charge in [0.05, 0.1) is 6.61 Å². The Hall–Kier alpha value is -0.710. The molecule has 0 spiro atoms. The third-order valence-corrected chi connectivity index (χ3v) is 2.20. The number of thiol groups is 1. The van der Waals surface area contributed by atoms with Gasteiger partial charge in [-0.1, -0.05) is 12.1 Å². The van der Waals surface area contributed by atoms with Gasteiger partial charge >= 0.3 is 0 Å². The Morgan fingerprint density at radius 3 is 2.85 bits per heavy atom. The summed E-state index contributed by atoms with van der Waals surface area (Å²) in [4.78, 5) is 4.55. The molecule has 4 heteroatoms. The average Bonchev–Trinajstić information content (AvgIpc) is 2.18. The molecule has 1 rings (SSSR count). The molecule has 13 heavy (non-hydrogen) atoms. The molecule has 0 bridgehead atoms. The quantitative estimate of drug-likeness (QED) is 0.508. The molecule has 0 radical (unpaired) electrons. The summed E-state index contributed by atoms with van der Waals surface area (Å²) in [6.07, 6.45) is 0. The van der Waals surface area contributed by atoms with Crippen LogP contribution in [0.1, 0.15) is 11.1 Å². The van der Waals surface area contributed by atoms with E-state index in [1.54, 1.807) is 0 Å². The fraction of sp³-hybridized carbons (Fsp3) is 0.333. The van der Waals surface area contributed by atoms with Crippen LogP contribution in [-0.4, -0.2) is 7.05 Å². The molecule has 0 saturated carbocycles. The molecule has 0 unspecified atom stereocenters. The zero-order chi connectivity index (χ0) is 9.68. The van der Waals surface area contributed by atoms with Gasteiger partial charge in [-0.05, 0) is 17.2 Å². The Morgan fingerprint density at radius 1 is 1.54 bits per heavy atom. The summed E-state index contributed by atoms with van der Waals surface area (Å²) < 4.78 is 0. The lowest BCUT2D eigenvalue weighted by atomic mass is 10.1. The molecule has 0 aliphatic heterocycles. The van der Waals surface area contributed by atoms with Crippen LogP contribution in [0.4, 0.5) is 5.69 Å². The number of nitrogens with two attached hydrogens (primary N) is 1. The minimum Gasteiger partial charge on any atom is -0.388 e. The number of hydrogen-bond donors (Lipinski definition) is 3. The standard InChI is InChI=1S/C9H14N2OS/c1-11-9-4-7(5-12-10)2-3-8(9)6-13/h2-4,11,13H,5-6,10H2,1H3. The number of hydrogen-bond acceptors (Lipinski definition) is 4. The SMILES string of the molecule is CNc1cc(CON)ccc1CS. The van der Waals surface area contributed by atoms with E-state index in [1.807, 2.05) is 25.2 Å². The molecule has 0 aromatic heterocycles. The fourth-order valence-corrected chi connectivity index (χ4v) is 1.46. The minimum absolute atomic E-state index is 0.432. The molecule has 72 valence electrons. The van der Waals surface area contributed by atoms with Crippen LogP contribution in [0, 0.1) is 0 Å². The van der Waals surface area contributed by atoms with Crippen LogP contribution < -0.4 is 11.2 Å². The Labute approximate surface area is 83.6 Å². The van der Waals surface area contributed by atoms with E-state index in [9.17, 15) is 0 Å². The maximum atomic E-state index is 4.99. The highest BCUT2D eigenvalue weighted by atomic mass is 32.1. The summed E-state index contributed by atoms with van der Waals surface area (Å²) in [7, 11) is 1.88. The first-order valence-corrected chi connectivity index (χ1v) is 4.67.